The van der Waals surface area contributed by atoms with Crippen LogP contribution in [0.15, 0.2) is 0 Å². The molecule has 0 amide bonds. The molecular formula is C17H32O16P2. The minimum absolute atomic E-state index is 0.00563. The lowest BCUT2D eigenvalue weighted by Crippen LogP contribution is -2.64. The van der Waals surface area contributed by atoms with Crippen molar-refractivity contribution in [1.82, 2.24) is 0 Å². The maximum atomic E-state index is 12.4. The Labute approximate surface area is 200 Å². The molecule has 0 heterocycles. The van der Waals surface area contributed by atoms with Crippen LogP contribution < -0.4 is 0 Å². The second-order valence-electron chi connectivity index (χ2n) is 7.65. The lowest BCUT2D eigenvalue weighted by atomic mass is 9.85. The van der Waals surface area contributed by atoms with E-state index in [9.17, 15) is 44.0 Å². The summed E-state index contributed by atoms with van der Waals surface area (Å²) in [6.07, 6.45) is -13.7. The van der Waals surface area contributed by atoms with Crippen LogP contribution in [0.2, 0.25) is 0 Å². The quantitative estimate of drug-likeness (QED) is 0.0950. The highest BCUT2D eigenvalue weighted by atomic mass is 31.2. The first-order chi connectivity index (χ1) is 16.1. The molecule has 1 fully saturated rings. The van der Waals surface area contributed by atoms with Crippen molar-refractivity contribution in [2.45, 2.75) is 82.3 Å². The van der Waals surface area contributed by atoms with Gasteiger partial charge in [0.1, 0.15) is 43.2 Å². The van der Waals surface area contributed by atoms with Gasteiger partial charge in [0, 0.05) is 12.8 Å². The van der Waals surface area contributed by atoms with E-state index in [4.69, 9.17) is 23.8 Å². The number of hydrogen-bond acceptors (Lipinski definition) is 13. The Hall–Kier alpha value is -1.00. The van der Waals surface area contributed by atoms with E-state index in [2.05, 4.69) is 9.05 Å². The van der Waals surface area contributed by atoms with E-state index in [0.717, 1.165) is 0 Å². The molecular weight excluding hydrogens is 522 g/mol. The fourth-order valence-electron chi connectivity index (χ4n) is 2.98. The zero-order valence-electron chi connectivity index (χ0n) is 19.0. The zero-order valence-corrected chi connectivity index (χ0v) is 20.8. The van der Waals surface area contributed by atoms with Crippen molar-refractivity contribution in [3.05, 3.63) is 0 Å². The van der Waals surface area contributed by atoms with Gasteiger partial charge in [-0.05, 0) is 12.8 Å². The zero-order chi connectivity index (χ0) is 27.0. The minimum atomic E-state index is -5.32. The molecule has 8 atom stereocenters. The monoisotopic (exact) mass is 554 g/mol. The number of carbonyl (C=O) groups is 2. The van der Waals surface area contributed by atoms with Crippen LogP contribution in [0.25, 0.3) is 0 Å². The van der Waals surface area contributed by atoms with E-state index >= 15 is 0 Å². The molecule has 16 nitrogen and oxygen atoms in total. The lowest BCUT2D eigenvalue weighted by Gasteiger charge is -2.43. The average molecular weight is 554 g/mol. The molecule has 0 aromatic rings. The minimum Gasteiger partial charge on any atom is -0.462 e. The van der Waals surface area contributed by atoms with Gasteiger partial charge in [0.2, 0.25) is 0 Å². The van der Waals surface area contributed by atoms with Crippen molar-refractivity contribution < 1.29 is 76.9 Å². The number of carbonyl (C=O) groups excluding carboxylic acids is 2. The van der Waals surface area contributed by atoms with E-state index in [1.54, 1.807) is 13.8 Å². The van der Waals surface area contributed by atoms with Crippen molar-refractivity contribution in [1.29, 1.82) is 0 Å². The first-order valence-electron chi connectivity index (χ1n) is 10.6. The summed E-state index contributed by atoms with van der Waals surface area (Å²) in [6, 6.07) is 0. The maximum Gasteiger partial charge on any atom is 0.472 e. The van der Waals surface area contributed by atoms with Crippen LogP contribution in [0.3, 0.4) is 0 Å². The molecule has 0 aromatic heterocycles. The molecule has 0 spiro atoms. The summed E-state index contributed by atoms with van der Waals surface area (Å²) in [4.78, 5) is 51.3. The highest BCUT2D eigenvalue weighted by Gasteiger charge is 2.54. The summed E-state index contributed by atoms with van der Waals surface area (Å²) >= 11 is 0. The van der Waals surface area contributed by atoms with E-state index in [1.807, 2.05) is 0 Å². The second-order valence-corrected chi connectivity index (χ2v) is 10.3. The van der Waals surface area contributed by atoms with Crippen molar-refractivity contribution in [2.75, 3.05) is 13.2 Å². The Morgan fingerprint density at radius 3 is 1.80 bits per heavy atom. The summed E-state index contributed by atoms with van der Waals surface area (Å²) in [5, 5.41) is 40.0. The van der Waals surface area contributed by atoms with Gasteiger partial charge in [-0.2, -0.15) is 0 Å². The molecule has 18 heteroatoms. The molecule has 0 aromatic carbocycles. The number of ether oxygens (including phenoxy) is 2. The Balaban J connectivity index is 2.90. The molecule has 1 rings (SSSR count). The summed E-state index contributed by atoms with van der Waals surface area (Å²) in [6.45, 7) is 2.06. The first kappa shape index (κ1) is 32.0. The van der Waals surface area contributed by atoms with Gasteiger partial charge >= 0.3 is 27.6 Å². The Bertz CT molecular complexity index is 786. The largest absolute Gasteiger partial charge is 0.472 e. The van der Waals surface area contributed by atoms with Crippen LogP contribution in [0, 0.1) is 0 Å². The fourth-order valence-corrected chi connectivity index (χ4v) is 4.52. The fraction of sp³-hybridized carbons (Fsp3) is 0.882. The molecule has 0 aliphatic heterocycles. The molecule has 1 aliphatic rings. The normalized spacial score (nSPS) is 29.7. The van der Waals surface area contributed by atoms with Gasteiger partial charge in [-0.15, -0.1) is 0 Å². The summed E-state index contributed by atoms with van der Waals surface area (Å²) in [5.74, 6) is -1.33. The summed E-state index contributed by atoms with van der Waals surface area (Å²) in [7, 11) is -10.5. The van der Waals surface area contributed by atoms with Crippen LogP contribution in [0.4, 0.5) is 0 Å². The molecule has 206 valence electrons. The van der Waals surface area contributed by atoms with E-state index in [1.165, 1.54) is 0 Å². The van der Waals surface area contributed by atoms with Gasteiger partial charge in [0.15, 0.2) is 6.10 Å². The number of rotatable bonds is 14. The number of esters is 2. The lowest BCUT2D eigenvalue weighted by molar-refractivity contribution is -0.216. The van der Waals surface area contributed by atoms with Crippen LogP contribution in [0.5, 0.6) is 0 Å². The van der Waals surface area contributed by atoms with Crippen LogP contribution in [-0.2, 0) is 41.8 Å². The SMILES string of the molecule is CCCC(=O)OCC(COP(=O)(O)OC1C(O)C(O)C(O)C(OP(=O)(O)O)C1O)OC(=O)CCC. The Morgan fingerprint density at radius 1 is 0.771 bits per heavy atom. The molecule has 0 radical (unpaired) electrons. The predicted molar refractivity (Wildman–Crippen MR) is 112 cm³/mol. The molecule has 7 N–H and O–H groups in total. The van der Waals surface area contributed by atoms with Gasteiger partial charge in [-0.3, -0.25) is 23.2 Å². The first-order valence-corrected chi connectivity index (χ1v) is 13.6. The summed E-state index contributed by atoms with van der Waals surface area (Å²) in [5.41, 5.74) is 0. The third-order valence-electron chi connectivity index (χ3n) is 4.62. The van der Waals surface area contributed by atoms with Gasteiger partial charge in [-0.1, -0.05) is 13.8 Å². The highest BCUT2D eigenvalue weighted by molar-refractivity contribution is 7.47. The average Bonchev–Trinajstić information content (AvgIpc) is 2.74. The standard InChI is InChI=1S/C17H32O16P2/c1-3-5-10(18)29-7-9(31-11(19)6-4-2)8-30-35(27,28)33-17-14(22)12(20)13(21)16(15(17)23)32-34(24,25)26/h9,12-17,20-23H,3-8H2,1-2H3,(H,27,28)(H2,24,25,26). The Morgan fingerprint density at radius 2 is 1.29 bits per heavy atom. The van der Waals surface area contributed by atoms with Crippen LogP contribution in [-0.4, -0.2) is 103 Å². The van der Waals surface area contributed by atoms with Crippen molar-refractivity contribution in [3.63, 3.8) is 0 Å². The van der Waals surface area contributed by atoms with E-state index < -0.39 is 83.5 Å². The van der Waals surface area contributed by atoms with E-state index in [0.29, 0.717) is 12.8 Å². The third-order valence-corrected chi connectivity index (χ3v) is 6.12. The van der Waals surface area contributed by atoms with E-state index in [-0.39, 0.29) is 12.8 Å². The second kappa shape index (κ2) is 14.1. The van der Waals surface area contributed by atoms with Crippen molar-refractivity contribution in [3.8, 4) is 0 Å². The number of aliphatic hydroxyl groups excluding tert-OH is 4. The van der Waals surface area contributed by atoms with Gasteiger partial charge in [0.05, 0.1) is 6.61 Å². The van der Waals surface area contributed by atoms with Crippen molar-refractivity contribution in [2.24, 2.45) is 0 Å². The van der Waals surface area contributed by atoms with Gasteiger partial charge < -0.3 is 44.6 Å². The summed E-state index contributed by atoms with van der Waals surface area (Å²) < 4.78 is 47.1. The highest BCUT2D eigenvalue weighted by Crippen LogP contribution is 2.48. The van der Waals surface area contributed by atoms with Crippen LogP contribution >= 0.6 is 15.6 Å². The molecule has 1 saturated carbocycles. The maximum absolute atomic E-state index is 12.4. The number of aliphatic hydroxyl groups is 4. The number of hydrogen-bond donors (Lipinski definition) is 7. The topological polar surface area (TPSA) is 256 Å². The van der Waals surface area contributed by atoms with Crippen molar-refractivity contribution >= 4 is 27.6 Å². The predicted octanol–water partition coefficient (Wildman–Crippen LogP) is -1.52. The number of phosphoric ester groups is 2. The molecule has 0 bridgehead atoms. The molecule has 0 saturated heterocycles. The molecule has 35 heavy (non-hydrogen) atoms. The number of phosphoric acid groups is 2. The Kier molecular flexibility index (Phi) is 12.9. The molecule has 1 aliphatic carbocycles. The van der Waals surface area contributed by atoms with Gasteiger partial charge in [0.25, 0.3) is 0 Å². The van der Waals surface area contributed by atoms with Gasteiger partial charge in [-0.25, -0.2) is 9.13 Å². The smallest absolute Gasteiger partial charge is 0.462 e. The molecule has 8 unspecified atom stereocenters. The van der Waals surface area contributed by atoms with Crippen LogP contribution in [0.1, 0.15) is 39.5 Å². The third kappa shape index (κ3) is 10.9.